The molecule has 15 heavy (non-hydrogen) atoms. The molecule has 78 valence electrons. The van der Waals surface area contributed by atoms with E-state index in [2.05, 4.69) is 11.1 Å². The largest absolute Gasteiger partial charge is 0.497 e. The lowest BCUT2D eigenvalue weighted by Crippen LogP contribution is -2.04. The van der Waals surface area contributed by atoms with Crippen LogP contribution in [0.3, 0.4) is 0 Å². The molecular weight excluding hydrogens is 188 g/mol. The van der Waals surface area contributed by atoms with Crippen molar-refractivity contribution in [2.24, 2.45) is 5.73 Å². The number of methoxy groups -OCH3 is 1. The van der Waals surface area contributed by atoms with Gasteiger partial charge in [-0.1, -0.05) is 6.07 Å². The van der Waals surface area contributed by atoms with Crippen molar-refractivity contribution in [2.75, 3.05) is 13.7 Å². The van der Waals surface area contributed by atoms with E-state index in [0.717, 1.165) is 28.8 Å². The van der Waals surface area contributed by atoms with Crippen LogP contribution in [-0.2, 0) is 6.42 Å². The fourth-order valence-electron chi connectivity index (χ4n) is 1.55. The molecule has 1 aromatic heterocycles. The van der Waals surface area contributed by atoms with E-state index in [-0.39, 0.29) is 0 Å². The van der Waals surface area contributed by atoms with E-state index >= 15 is 0 Å². The minimum absolute atomic E-state index is 0.627. The summed E-state index contributed by atoms with van der Waals surface area (Å²) >= 11 is 0. The quantitative estimate of drug-likeness (QED) is 0.824. The maximum atomic E-state index is 5.50. The van der Waals surface area contributed by atoms with Crippen LogP contribution in [0.2, 0.25) is 0 Å². The van der Waals surface area contributed by atoms with E-state index < -0.39 is 0 Å². The van der Waals surface area contributed by atoms with Gasteiger partial charge in [0, 0.05) is 23.6 Å². The van der Waals surface area contributed by atoms with Crippen molar-refractivity contribution in [1.29, 1.82) is 0 Å². The van der Waals surface area contributed by atoms with Gasteiger partial charge in [-0.3, -0.25) is 4.98 Å². The molecule has 0 unspecified atom stereocenters. The molecule has 0 bridgehead atoms. The van der Waals surface area contributed by atoms with Crippen molar-refractivity contribution in [3.8, 4) is 5.75 Å². The van der Waals surface area contributed by atoms with E-state index in [9.17, 15) is 0 Å². The van der Waals surface area contributed by atoms with Crippen LogP contribution >= 0.6 is 0 Å². The van der Waals surface area contributed by atoms with Gasteiger partial charge in [0.1, 0.15) is 5.75 Å². The number of benzene rings is 1. The van der Waals surface area contributed by atoms with Gasteiger partial charge in [-0.2, -0.15) is 0 Å². The SMILES string of the molecule is COc1ccc2ccc(CCN)nc2c1. The second-order valence-corrected chi connectivity index (χ2v) is 3.40. The van der Waals surface area contributed by atoms with Crippen LogP contribution in [0.25, 0.3) is 10.9 Å². The van der Waals surface area contributed by atoms with Crippen molar-refractivity contribution in [3.05, 3.63) is 36.0 Å². The average molecular weight is 202 g/mol. The van der Waals surface area contributed by atoms with Crippen LogP contribution in [-0.4, -0.2) is 18.6 Å². The van der Waals surface area contributed by atoms with Gasteiger partial charge >= 0.3 is 0 Å². The van der Waals surface area contributed by atoms with Gasteiger partial charge < -0.3 is 10.5 Å². The molecule has 2 N–H and O–H groups in total. The first-order chi connectivity index (χ1) is 7.33. The summed E-state index contributed by atoms with van der Waals surface area (Å²) in [6.07, 6.45) is 0.813. The first-order valence-electron chi connectivity index (χ1n) is 4.97. The second-order valence-electron chi connectivity index (χ2n) is 3.40. The van der Waals surface area contributed by atoms with E-state index in [1.54, 1.807) is 7.11 Å². The van der Waals surface area contributed by atoms with Crippen LogP contribution in [0.5, 0.6) is 5.75 Å². The Labute approximate surface area is 88.9 Å². The molecule has 0 amide bonds. The molecule has 0 aliphatic rings. The summed E-state index contributed by atoms with van der Waals surface area (Å²) in [7, 11) is 1.66. The number of nitrogens with two attached hydrogens (primary N) is 1. The van der Waals surface area contributed by atoms with Crippen LogP contribution in [0, 0.1) is 0 Å². The number of hydrogen-bond donors (Lipinski definition) is 1. The van der Waals surface area contributed by atoms with Gasteiger partial charge in [0.05, 0.1) is 12.6 Å². The van der Waals surface area contributed by atoms with E-state index in [4.69, 9.17) is 10.5 Å². The van der Waals surface area contributed by atoms with Gasteiger partial charge in [-0.15, -0.1) is 0 Å². The van der Waals surface area contributed by atoms with Crippen molar-refractivity contribution in [1.82, 2.24) is 4.98 Å². The fourth-order valence-corrected chi connectivity index (χ4v) is 1.55. The number of hydrogen-bond acceptors (Lipinski definition) is 3. The molecule has 0 atom stereocenters. The van der Waals surface area contributed by atoms with Gasteiger partial charge in [-0.25, -0.2) is 0 Å². The Morgan fingerprint density at radius 1 is 1.27 bits per heavy atom. The molecular formula is C12H14N2O. The molecule has 2 aromatic rings. The highest BCUT2D eigenvalue weighted by Crippen LogP contribution is 2.19. The molecule has 0 saturated carbocycles. The van der Waals surface area contributed by atoms with Crippen LogP contribution in [0.1, 0.15) is 5.69 Å². The maximum Gasteiger partial charge on any atom is 0.121 e. The molecule has 0 radical (unpaired) electrons. The highest BCUT2D eigenvalue weighted by Gasteiger charge is 1.99. The lowest BCUT2D eigenvalue weighted by Gasteiger charge is -2.03. The first kappa shape index (κ1) is 9.93. The minimum Gasteiger partial charge on any atom is -0.497 e. The predicted octanol–water partition coefficient (Wildman–Crippen LogP) is 1.74. The Kier molecular flexibility index (Phi) is 2.83. The molecule has 0 aliphatic heterocycles. The smallest absolute Gasteiger partial charge is 0.121 e. The van der Waals surface area contributed by atoms with Crippen LogP contribution < -0.4 is 10.5 Å². The zero-order valence-electron chi connectivity index (χ0n) is 8.73. The molecule has 0 aliphatic carbocycles. The maximum absolute atomic E-state index is 5.50. The number of aromatic nitrogens is 1. The molecule has 3 heteroatoms. The third kappa shape index (κ3) is 2.07. The fraction of sp³-hybridized carbons (Fsp3) is 0.250. The summed E-state index contributed by atoms with van der Waals surface area (Å²) in [6.45, 7) is 0.627. The molecule has 3 nitrogen and oxygen atoms in total. The Hall–Kier alpha value is -1.61. The third-order valence-corrected chi connectivity index (χ3v) is 2.36. The zero-order chi connectivity index (χ0) is 10.7. The van der Waals surface area contributed by atoms with Gasteiger partial charge in [0.2, 0.25) is 0 Å². The summed E-state index contributed by atoms with van der Waals surface area (Å²) in [5, 5.41) is 1.12. The van der Waals surface area contributed by atoms with Gasteiger partial charge in [0.15, 0.2) is 0 Å². The zero-order valence-corrected chi connectivity index (χ0v) is 8.73. The monoisotopic (exact) mass is 202 g/mol. The van der Waals surface area contributed by atoms with Gasteiger partial charge in [0.25, 0.3) is 0 Å². The molecule has 1 heterocycles. The summed E-state index contributed by atoms with van der Waals surface area (Å²) in [5.74, 6) is 0.833. The van der Waals surface area contributed by atoms with Crippen LogP contribution in [0.15, 0.2) is 30.3 Å². The summed E-state index contributed by atoms with van der Waals surface area (Å²) in [6, 6.07) is 9.96. The topological polar surface area (TPSA) is 48.1 Å². The normalized spacial score (nSPS) is 10.5. The Morgan fingerprint density at radius 2 is 2.07 bits per heavy atom. The first-order valence-corrected chi connectivity index (χ1v) is 4.97. The molecule has 0 fully saturated rings. The van der Waals surface area contributed by atoms with Gasteiger partial charge in [-0.05, 0) is 24.7 Å². The Morgan fingerprint density at radius 3 is 2.80 bits per heavy atom. The lowest BCUT2D eigenvalue weighted by atomic mass is 10.1. The van der Waals surface area contributed by atoms with E-state index in [0.29, 0.717) is 6.54 Å². The van der Waals surface area contributed by atoms with E-state index in [1.807, 2.05) is 24.3 Å². The van der Waals surface area contributed by atoms with Crippen molar-refractivity contribution >= 4 is 10.9 Å². The Balaban J connectivity index is 2.48. The van der Waals surface area contributed by atoms with E-state index in [1.165, 1.54) is 0 Å². The highest BCUT2D eigenvalue weighted by molar-refractivity contribution is 5.80. The highest BCUT2D eigenvalue weighted by atomic mass is 16.5. The summed E-state index contributed by atoms with van der Waals surface area (Å²) in [5.41, 5.74) is 7.48. The molecule has 0 saturated heterocycles. The predicted molar refractivity (Wildman–Crippen MR) is 61.1 cm³/mol. The number of rotatable bonds is 3. The Bertz CT molecular complexity index is 468. The number of fused-ring (bicyclic) bond motifs is 1. The molecule has 1 aromatic carbocycles. The van der Waals surface area contributed by atoms with Crippen molar-refractivity contribution < 1.29 is 4.74 Å². The summed E-state index contributed by atoms with van der Waals surface area (Å²) in [4.78, 5) is 4.51. The lowest BCUT2D eigenvalue weighted by molar-refractivity contribution is 0.415. The van der Waals surface area contributed by atoms with Crippen molar-refractivity contribution in [3.63, 3.8) is 0 Å². The molecule has 0 spiro atoms. The number of nitrogens with zero attached hydrogens (tertiary/aromatic N) is 1. The standard InChI is InChI=1S/C12H14N2O/c1-15-11-5-3-9-2-4-10(6-7-13)14-12(9)8-11/h2-5,8H,6-7,13H2,1H3. The number of ether oxygens (including phenoxy) is 1. The molecule has 2 rings (SSSR count). The van der Waals surface area contributed by atoms with Crippen molar-refractivity contribution in [2.45, 2.75) is 6.42 Å². The summed E-state index contributed by atoms with van der Waals surface area (Å²) < 4.78 is 5.16. The average Bonchev–Trinajstić information content (AvgIpc) is 2.28. The third-order valence-electron chi connectivity index (χ3n) is 2.36. The van der Waals surface area contributed by atoms with Crippen LogP contribution in [0.4, 0.5) is 0 Å². The second kappa shape index (κ2) is 4.28. The number of pyridine rings is 1. The minimum atomic E-state index is 0.627.